The van der Waals surface area contributed by atoms with Crippen LogP contribution in [0.2, 0.25) is 0 Å². The van der Waals surface area contributed by atoms with Crippen molar-refractivity contribution in [2.75, 3.05) is 32.7 Å². The molecule has 3 amide bonds. The van der Waals surface area contributed by atoms with Crippen molar-refractivity contribution in [3.8, 4) is 0 Å². The smallest absolute Gasteiger partial charge is 0.232 e. The fraction of sp³-hybridized carbons (Fsp3) is 0.750. The van der Waals surface area contributed by atoms with Crippen LogP contribution in [0, 0.1) is 0 Å². The molecule has 0 atom stereocenters. The van der Waals surface area contributed by atoms with Gasteiger partial charge in [-0.1, -0.05) is 13.3 Å². The van der Waals surface area contributed by atoms with Gasteiger partial charge in [-0.05, 0) is 6.42 Å². The minimum Gasteiger partial charge on any atom is -0.356 e. The van der Waals surface area contributed by atoms with E-state index in [1.165, 1.54) is 0 Å². The number of carbonyl (C=O) groups is 3. The van der Waals surface area contributed by atoms with Crippen LogP contribution in [0.15, 0.2) is 0 Å². The quantitative estimate of drug-likeness (QED) is 0.398. The fourth-order valence-electron chi connectivity index (χ4n) is 1.79. The summed E-state index contributed by atoms with van der Waals surface area (Å²) in [6.45, 7) is 4.80. The third-order valence-electron chi connectivity index (χ3n) is 2.98. The molecule has 0 spiro atoms. The highest BCUT2D eigenvalue weighted by Crippen LogP contribution is 2.02. The van der Waals surface area contributed by atoms with Crippen LogP contribution in [0.1, 0.15) is 26.2 Å². The van der Waals surface area contributed by atoms with Crippen molar-refractivity contribution < 1.29 is 14.4 Å². The summed E-state index contributed by atoms with van der Waals surface area (Å²) in [7, 11) is 0. The van der Waals surface area contributed by atoms with Gasteiger partial charge in [0.15, 0.2) is 0 Å². The molecule has 18 heavy (non-hydrogen) atoms. The predicted molar refractivity (Wildman–Crippen MR) is 66.8 cm³/mol. The van der Waals surface area contributed by atoms with Crippen LogP contribution in [0.3, 0.4) is 0 Å². The van der Waals surface area contributed by atoms with Gasteiger partial charge < -0.3 is 15.1 Å². The molecule has 6 nitrogen and oxygen atoms in total. The Bertz CT molecular complexity index is 299. The van der Waals surface area contributed by atoms with Crippen molar-refractivity contribution in [1.29, 1.82) is 0 Å². The Kier molecular flexibility index (Phi) is 6.18. The van der Waals surface area contributed by atoms with Crippen molar-refractivity contribution >= 4 is 18.2 Å². The fourth-order valence-corrected chi connectivity index (χ4v) is 1.79. The SMILES string of the molecule is CCCCNC(=O)CC(=O)N1CCN(C=O)CC1. The first-order chi connectivity index (χ1) is 8.67. The average molecular weight is 255 g/mol. The molecule has 1 fully saturated rings. The number of nitrogens with one attached hydrogen (secondary N) is 1. The molecule has 1 N–H and O–H groups in total. The molecule has 0 aromatic heterocycles. The van der Waals surface area contributed by atoms with E-state index in [9.17, 15) is 14.4 Å². The highest BCUT2D eigenvalue weighted by Gasteiger charge is 2.21. The number of piperazine rings is 1. The first-order valence-corrected chi connectivity index (χ1v) is 6.41. The zero-order valence-electron chi connectivity index (χ0n) is 10.9. The molecule has 1 rings (SSSR count). The van der Waals surface area contributed by atoms with Crippen molar-refractivity contribution in [3.05, 3.63) is 0 Å². The maximum absolute atomic E-state index is 11.8. The van der Waals surface area contributed by atoms with Crippen molar-refractivity contribution in [3.63, 3.8) is 0 Å². The molecule has 0 bridgehead atoms. The second-order valence-corrected chi connectivity index (χ2v) is 4.40. The van der Waals surface area contributed by atoms with Crippen LogP contribution in [-0.2, 0) is 14.4 Å². The van der Waals surface area contributed by atoms with Gasteiger partial charge in [-0.2, -0.15) is 0 Å². The van der Waals surface area contributed by atoms with Crippen molar-refractivity contribution in [2.24, 2.45) is 0 Å². The molecule has 6 heteroatoms. The molecule has 1 aliphatic heterocycles. The summed E-state index contributed by atoms with van der Waals surface area (Å²) in [6, 6.07) is 0. The molecule has 0 aliphatic carbocycles. The molecular weight excluding hydrogens is 234 g/mol. The first-order valence-electron chi connectivity index (χ1n) is 6.41. The minimum absolute atomic E-state index is 0.0925. The van der Waals surface area contributed by atoms with E-state index in [1.807, 2.05) is 6.92 Å². The van der Waals surface area contributed by atoms with E-state index in [-0.39, 0.29) is 18.2 Å². The Morgan fingerprint density at radius 3 is 2.44 bits per heavy atom. The summed E-state index contributed by atoms with van der Waals surface area (Å²) < 4.78 is 0. The number of carbonyl (C=O) groups excluding carboxylic acids is 3. The summed E-state index contributed by atoms with van der Waals surface area (Å²) in [6.07, 6.45) is 2.64. The van der Waals surface area contributed by atoms with Crippen LogP contribution in [-0.4, -0.2) is 60.7 Å². The van der Waals surface area contributed by atoms with E-state index < -0.39 is 0 Å². The Morgan fingerprint density at radius 2 is 1.89 bits per heavy atom. The molecule has 0 aromatic rings. The van der Waals surface area contributed by atoms with E-state index in [0.717, 1.165) is 19.3 Å². The van der Waals surface area contributed by atoms with Gasteiger partial charge in [0.2, 0.25) is 18.2 Å². The number of hydrogen-bond donors (Lipinski definition) is 1. The lowest BCUT2D eigenvalue weighted by atomic mass is 10.2. The third kappa shape index (κ3) is 4.73. The maximum atomic E-state index is 11.8. The van der Waals surface area contributed by atoms with Gasteiger partial charge in [0.1, 0.15) is 6.42 Å². The number of rotatable bonds is 6. The van der Waals surface area contributed by atoms with Crippen LogP contribution >= 0.6 is 0 Å². The minimum atomic E-state index is -0.216. The largest absolute Gasteiger partial charge is 0.356 e. The number of amides is 3. The van der Waals surface area contributed by atoms with Crippen molar-refractivity contribution in [2.45, 2.75) is 26.2 Å². The van der Waals surface area contributed by atoms with Gasteiger partial charge in [-0.15, -0.1) is 0 Å². The molecule has 102 valence electrons. The molecule has 0 unspecified atom stereocenters. The molecule has 1 heterocycles. The van der Waals surface area contributed by atoms with Crippen LogP contribution in [0.25, 0.3) is 0 Å². The Balaban J connectivity index is 2.24. The summed E-state index contributed by atoms with van der Waals surface area (Å²) in [4.78, 5) is 37.0. The summed E-state index contributed by atoms with van der Waals surface area (Å²) in [5.74, 6) is -0.374. The second-order valence-electron chi connectivity index (χ2n) is 4.40. The van der Waals surface area contributed by atoms with Crippen LogP contribution < -0.4 is 5.32 Å². The summed E-state index contributed by atoms with van der Waals surface area (Å²) in [5, 5.41) is 2.72. The van der Waals surface area contributed by atoms with E-state index in [0.29, 0.717) is 32.7 Å². The van der Waals surface area contributed by atoms with E-state index in [1.54, 1.807) is 9.80 Å². The van der Waals surface area contributed by atoms with E-state index in [4.69, 9.17) is 0 Å². The average Bonchev–Trinajstić information content (AvgIpc) is 2.39. The number of nitrogens with zero attached hydrogens (tertiary/aromatic N) is 2. The maximum Gasteiger partial charge on any atom is 0.232 e. The zero-order chi connectivity index (χ0) is 13.4. The number of unbranched alkanes of at least 4 members (excludes halogenated alkanes) is 1. The summed E-state index contributed by atoms with van der Waals surface area (Å²) >= 11 is 0. The zero-order valence-corrected chi connectivity index (χ0v) is 10.9. The normalized spacial score (nSPS) is 15.4. The molecule has 0 aromatic carbocycles. The highest BCUT2D eigenvalue weighted by molar-refractivity contribution is 5.96. The lowest BCUT2D eigenvalue weighted by Crippen LogP contribution is -2.49. The Labute approximate surface area is 107 Å². The van der Waals surface area contributed by atoms with Crippen LogP contribution in [0.4, 0.5) is 0 Å². The lowest BCUT2D eigenvalue weighted by molar-refractivity contribution is -0.138. The predicted octanol–water partition coefficient (Wildman–Crippen LogP) is -0.407. The lowest BCUT2D eigenvalue weighted by Gasteiger charge is -2.32. The molecule has 0 radical (unpaired) electrons. The summed E-state index contributed by atoms with van der Waals surface area (Å²) in [5.41, 5.74) is 0. The standard InChI is InChI=1S/C12H21N3O3/c1-2-3-4-13-11(17)9-12(18)15-7-5-14(10-16)6-8-15/h10H,2-9H2,1H3,(H,13,17). The number of hydrogen-bond acceptors (Lipinski definition) is 3. The topological polar surface area (TPSA) is 69.7 Å². The molecule has 1 saturated heterocycles. The van der Waals surface area contributed by atoms with E-state index in [2.05, 4.69) is 5.32 Å². The highest BCUT2D eigenvalue weighted by atomic mass is 16.2. The van der Waals surface area contributed by atoms with Gasteiger partial charge in [-0.3, -0.25) is 14.4 Å². The van der Waals surface area contributed by atoms with Gasteiger partial charge in [0.05, 0.1) is 0 Å². The van der Waals surface area contributed by atoms with E-state index >= 15 is 0 Å². The molecular formula is C12H21N3O3. The van der Waals surface area contributed by atoms with Gasteiger partial charge in [0.25, 0.3) is 0 Å². The van der Waals surface area contributed by atoms with Gasteiger partial charge in [0, 0.05) is 32.7 Å². The second kappa shape index (κ2) is 7.68. The van der Waals surface area contributed by atoms with Gasteiger partial charge >= 0.3 is 0 Å². The Morgan fingerprint density at radius 1 is 1.22 bits per heavy atom. The van der Waals surface area contributed by atoms with Gasteiger partial charge in [-0.25, -0.2) is 0 Å². The molecule has 1 aliphatic rings. The Hall–Kier alpha value is -1.59. The monoisotopic (exact) mass is 255 g/mol. The van der Waals surface area contributed by atoms with Crippen molar-refractivity contribution in [1.82, 2.24) is 15.1 Å². The molecule has 0 saturated carbocycles. The van der Waals surface area contributed by atoms with Crippen LogP contribution in [0.5, 0.6) is 0 Å². The third-order valence-corrected chi connectivity index (χ3v) is 2.98. The first kappa shape index (κ1) is 14.5.